The van der Waals surface area contributed by atoms with E-state index in [0.29, 0.717) is 5.92 Å². The van der Waals surface area contributed by atoms with Gasteiger partial charge in [-0.2, -0.15) is 0 Å². The zero-order chi connectivity index (χ0) is 11.3. The summed E-state index contributed by atoms with van der Waals surface area (Å²) in [5.74, 6) is 0.526. The molecular weight excluding hydrogens is 254 g/mol. The van der Waals surface area contributed by atoms with Crippen molar-refractivity contribution in [3.63, 3.8) is 0 Å². The molecule has 1 aromatic rings. The summed E-state index contributed by atoms with van der Waals surface area (Å²) in [4.78, 5) is 0. The van der Waals surface area contributed by atoms with Gasteiger partial charge in [-0.1, -0.05) is 22.9 Å². The van der Waals surface area contributed by atoms with Crippen LogP contribution in [0.5, 0.6) is 0 Å². The minimum atomic E-state index is 0.526. The Morgan fingerprint density at radius 1 is 1.47 bits per heavy atom. The average Bonchev–Trinajstić information content (AvgIpc) is 2.17. The molecule has 1 atom stereocenters. The van der Waals surface area contributed by atoms with E-state index in [1.807, 2.05) is 0 Å². The number of anilines is 1. The molecule has 1 unspecified atom stereocenters. The highest BCUT2D eigenvalue weighted by molar-refractivity contribution is 9.10. The lowest BCUT2D eigenvalue weighted by Crippen LogP contribution is -2.16. The van der Waals surface area contributed by atoms with Crippen molar-refractivity contribution in [3.05, 3.63) is 28.2 Å². The van der Waals surface area contributed by atoms with Gasteiger partial charge in [0.05, 0.1) is 6.61 Å². The molecule has 1 rings (SSSR count). The summed E-state index contributed by atoms with van der Waals surface area (Å²) in [7, 11) is 1.74. The Morgan fingerprint density at radius 2 is 2.20 bits per heavy atom. The lowest BCUT2D eigenvalue weighted by Gasteiger charge is -2.14. The number of halogens is 1. The molecule has 15 heavy (non-hydrogen) atoms. The number of nitrogens with one attached hydrogen (secondary N) is 1. The molecule has 0 aromatic heterocycles. The minimum Gasteiger partial charge on any atom is -0.384 e. The van der Waals surface area contributed by atoms with Crippen molar-refractivity contribution in [1.82, 2.24) is 0 Å². The maximum atomic E-state index is 5.09. The van der Waals surface area contributed by atoms with Crippen molar-refractivity contribution in [1.29, 1.82) is 0 Å². The molecule has 0 saturated heterocycles. The number of hydrogen-bond acceptors (Lipinski definition) is 2. The van der Waals surface area contributed by atoms with Gasteiger partial charge in [0.25, 0.3) is 0 Å². The van der Waals surface area contributed by atoms with Crippen molar-refractivity contribution < 1.29 is 4.74 Å². The average molecular weight is 272 g/mol. The normalized spacial score (nSPS) is 12.5. The van der Waals surface area contributed by atoms with Gasteiger partial charge in [-0.25, -0.2) is 0 Å². The van der Waals surface area contributed by atoms with Gasteiger partial charge in [-0.15, -0.1) is 0 Å². The molecular formula is C12H18BrNO. The first-order valence-electron chi connectivity index (χ1n) is 5.12. The SMILES string of the molecule is COCC(C)CNc1ccc(Br)cc1C. The molecule has 84 valence electrons. The summed E-state index contributed by atoms with van der Waals surface area (Å²) in [6.45, 7) is 6.01. The van der Waals surface area contributed by atoms with Gasteiger partial charge >= 0.3 is 0 Å². The largest absolute Gasteiger partial charge is 0.384 e. The summed E-state index contributed by atoms with van der Waals surface area (Å²) in [5, 5.41) is 3.42. The van der Waals surface area contributed by atoms with Gasteiger partial charge in [0.15, 0.2) is 0 Å². The number of methoxy groups -OCH3 is 1. The maximum Gasteiger partial charge on any atom is 0.0504 e. The topological polar surface area (TPSA) is 21.3 Å². The number of rotatable bonds is 5. The molecule has 0 aliphatic rings. The third-order valence-electron chi connectivity index (χ3n) is 2.28. The molecule has 0 aliphatic carbocycles. The second-order valence-electron chi connectivity index (χ2n) is 3.90. The molecule has 0 saturated carbocycles. The Morgan fingerprint density at radius 3 is 2.80 bits per heavy atom. The molecule has 3 heteroatoms. The summed E-state index contributed by atoms with van der Waals surface area (Å²) >= 11 is 3.45. The minimum absolute atomic E-state index is 0.526. The van der Waals surface area contributed by atoms with E-state index in [4.69, 9.17) is 4.74 Å². The predicted octanol–water partition coefficient (Wildman–Crippen LogP) is 3.45. The van der Waals surface area contributed by atoms with Gasteiger partial charge in [-0.05, 0) is 36.6 Å². The van der Waals surface area contributed by atoms with Gasteiger partial charge in [0.1, 0.15) is 0 Å². The Hall–Kier alpha value is -0.540. The Bertz CT molecular complexity index is 314. The lowest BCUT2D eigenvalue weighted by molar-refractivity contribution is 0.164. The van der Waals surface area contributed by atoms with Gasteiger partial charge < -0.3 is 10.1 Å². The number of ether oxygens (including phenoxy) is 1. The van der Waals surface area contributed by atoms with E-state index in [0.717, 1.165) is 17.6 Å². The van der Waals surface area contributed by atoms with Crippen molar-refractivity contribution in [2.45, 2.75) is 13.8 Å². The fourth-order valence-electron chi connectivity index (χ4n) is 1.45. The lowest BCUT2D eigenvalue weighted by atomic mass is 10.1. The quantitative estimate of drug-likeness (QED) is 0.886. The smallest absolute Gasteiger partial charge is 0.0504 e. The standard InChI is InChI=1S/C12H18BrNO/c1-9(8-15-3)7-14-12-5-4-11(13)6-10(12)2/h4-6,9,14H,7-8H2,1-3H3. The monoisotopic (exact) mass is 271 g/mol. The maximum absolute atomic E-state index is 5.09. The molecule has 0 amide bonds. The molecule has 0 bridgehead atoms. The highest BCUT2D eigenvalue weighted by atomic mass is 79.9. The molecule has 2 nitrogen and oxygen atoms in total. The van der Waals surface area contributed by atoms with E-state index in [9.17, 15) is 0 Å². The molecule has 1 N–H and O–H groups in total. The Balaban J connectivity index is 2.50. The van der Waals surface area contributed by atoms with Crippen molar-refractivity contribution >= 4 is 21.6 Å². The molecule has 0 heterocycles. The van der Waals surface area contributed by atoms with Crippen LogP contribution in [0.25, 0.3) is 0 Å². The Labute approximate surface area is 100 Å². The van der Waals surface area contributed by atoms with Crippen LogP contribution in [0.1, 0.15) is 12.5 Å². The van der Waals surface area contributed by atoms with Crippen LogP contribution in [0.3, 0.4) is 0 Å². The van der Waals surface area contributed by atoms with Crippen molar-refractivity contribution in [3.8, 4) is 0 Å². The predicted molar refractivity (Wildman–Crippen MR) is 68.4 cm³/mol. The van der Waals surface area contributed by atoms with Crippen molar-refractivity contribution in [2.75, 3.05) is 25.6 Å². The van der Waals surface area contributed by atoms with E-state index in [1.165, 1.54) is 11.3 Å². The molecule has 0 fully saturated rings. The zero-order valence-corrected chi connectivity index (χ0v) is 11.1. The zero-order valence-electron chi connectivity index (χ0n) is 9.51. The van der Waals surface area contributed by atoms with Crippen LogP contribution in [0.4, 0.5) is 5.69 Å². The number of benzene rings is 1. The highest BCUT2D eigenvalue weighted by Gasteiger charge is 2.02. The highest BCUT2D eigenvalue weighted by Crippen LogP contribution is 2.20. The third kappa shape index (κ3) is 4.22. The van der Waals surface area contributed by atoms with Crippen LogP contribution in [0, 0.1) is 12.8 Å². The molecule has 0 aliphatic heterocycles. The van der Waals surface area contributed by atoms with Crippen LogP contribution >= 0.6 is 15.9 Å². The van der Waals surface area contributed by atoms with E-state index in [-0.39, 0.29) is 0 Å². The number of hydrogen-bond donors (Lipinski definition) is 1. The van der Waals surface area contributed by atoms with Crippen LogP contribution in [-0.2, 0) is 4.74 Å². The third-order valence-corrected chi connectivity index (χ3v) is 2.77. The van der Waals surface area contributed by atoms with Crippen LogP contribution in [0.15, 0.2) is 22.7 Å². The first kappa shape index (κ1) is 12.5. The van der Waals surface area contributed by atoms with Crippen LogP contribution < -0.4 is 5.32 Å². The number of aryl methyl sites for hydroxylation is 1. The molecule has 1 aromatic carbocycles. The van der Waals surface area contributed by atoms with E-state index in [1.54, 1.807) is 7.11 Å². The summed E-state index contributed by atoms with van der Waals surface area (Å²) in [5.41, 5.74) is 2.45. The van der Waals surface area contributed by atoms with Gasteiger partial charge in [0, 0.05) is 23.8 Å². The van der Waals surface area contributed by atoms with Crippen molar-refractivity contribution in [2.24, 2.45) is 5.92 Å². The summed E-state index contributed by atoms with van der Waals surface area (Å²) < 4.78 is 6.21. The first-order chi connectivity index (χ1) is 7.13. The fourth-order valence-corrected chi connectivity index (χ4v) is 1.93. The van der Waals surface area contributed by atoms with Crippen LogP contribution in [0.2, 0.25) is 0 Å². The second kappa shape index (κ2) is 6.13. The second-order valence-corrected chi connectivity index (χ2v) is 4.82. The van der Waals surface area contributed by atoms with E-state index < -0.39 is 0 Å². The fraction of sp³-hybridized carbons (Fsp3) is 0.500. The molecule has 0 radical (unpaired) electrons. The summed E-state index contributed by atoms with van der Waals surface area (Å²) in [6.07, 6.45) is 0. The first-order valence-corrected chi connectivity index (χ1v) is 5.91. The van der Waals surface area contributed by atoms with Gasteiger partial charge in [-0.3, -0.25) is 0 Å². The van der Waals surface area contributed by atoms with Gasteiger partial charge in [0.2, 0.25) is 0 Å². The van der Waals surface area contributed by atoms with Crippen LogP contribution in [-0.4, -0.2) is 20.3 Å². The molecule has 0 spiro atoms. The Kier molecular flexibility index (Phi) is 5.12. The summed E-state index contributed by atoms with van der Waals surface area (Å²) in [6, 6.07) is 6.26. The van der Waals surface area contributed by atoms with E-state index >= 15 is 0 Å². The van der Waals surface area contributed by atoms with E-state index in [2.05, 4.69) is 53.3 Å².